The van der Waals surface area contributed by atoms with Crippen LogP contribution in [0.5, 0.6) is 5.75 Å². The van der Waals surface area contributed by atoms with Crippen LogP contribution in [0.4, 0.5) is 0 Å². The summed E-state index contributed by atoms with van der Waals surface area (Å²) in [6, 6.07) is 12.6. The summed E-state index contributed by atoms with van der Waals surface area (Å²) in [7, 11) is -3.76. The maximum Gasteiger partial charge on any atom is 0.244 e. The Labute approximate surface area is 171 Å². The van der Waals surface area contributed by atoms with Gasteiger partial charge < -0.3 is 4.74 Å². The third-order valence-electron chi connectivity index (χ3n) is 3.80. The molecule has 1 aromatic heterocycles. The summed E-state index contributed by atoms with van der Waals surface area (Å²) in [4.78, 5) is 4.55. The number of aryl methyl sites for hydroxylation is 1. The van der Waals surface area contributed by atoms with Crippen LogP contribution in [0.25, 0.3) is 11.3 Å². The second-order valence-corrected chi connectivity index (χ2v) is 9.51. The number of sulfonamides is 1. The summed E-state index contributed by atoms with van der Waals surface area (Å²) in [5.41, 5.74) is 2.35. The molecule has 0 spiro atoms. The lowest BCUT2D eigenvalue weighted by Crippen LogP contribution is -2.24. The predicted octanol–water partition coefficient (Wildman–Crippen LogP) is 4.76. The van der Waals surface area contributed by atoms with Crippen LogP contribution in [-0.2, 0) is 16.6 Å². The first-order valence-corrected chi connectivity index (χ1v) is 11.5. The van der Waals surface area contributed by atoms with Crippen LogP contribution in [0, 0.1) is 6.92 Å². The zero-order chi connectivity index (χ0) is 19.4. The maximum atomic E-state index is 13.0. The molecule has 1 heterocycles. The van der Waals surface area contributed by atoms with Crippen molar-refractivity contribution in [2.75, 3.05) is 6.61 Å². The topological polar surface area (TPSA) is 68.3 Å². The number of halogens is 1. The van der Waals surface area contributed by atoms with Crippen molar-refractivity contribution in [3.05, 3.63) is 62.9 Å². The first-order chi connectivity index (χ1) is 12.9. The second kappa shape index (κ2) is 8.52. The van der Waals surface area contributed by atoms with Gasteiger partial charge in [0, 0.05) is 22.0 Å². The van der Waals surface area contributed by atoms with E-state index < -0.39 is 10.0 Å². The molecular weight excluding hydrogens is 448 g/mol. The molecule has 5 nitrogen and oxygen atoms in total. The summed E-state index contributed by atoms with van der Waals surface area (Å²) in [6.45, 7) is 4.31. The van der Waals surface area contributed by atoms with E-state index in [1.54, 1.807) is 12.1 Å². The van der Waals surface area contributed by atoms with E-state index >= 15 is 0 Å². The number of nitrogens with zero attached hydrogens (tertiary/aromatic N) is 1. The molecule has 0 bridgehead atoms. The molecule has 8 heteroatoms. The Hall–Kier alpha value is -1.74. The van der Waals surface area contributed by atoms with Crippen molar-refractivity contribution in [1.29, 1.82) is 0 Å². The molecule has 0 fully saturated rings. The SMILES string of the molecule is CCOc1ccc(-c2csc(C)n2)cc1S(=O)(=O)NCc1cccc(Br)c1. The van der Waals surface area contributed by atoms with Crippen LogP contribution < -0.4 is 9.46 Å². The largest absolute Gasteiger partial charge is 0.492 e. The van der Waals surface area contributed by atoms with E-state index in [2.05, 4.69) is 25.6 Å². The highest BCUT2D eigenvalue weighted by atomic mass is 79.9. The Balaban J connectivity index is 1.93. The monoisotopic (exact) mass is 466 g/mol. The summed E-state index contributed by atoms with van der Waals surface area (Å²) < 4.78 is 35.0. The van der Waals surface area contributed by atoms with Crippen molar-refractivity contribution in [2.45, 2.75) is 25.3 Å². The van der Waals surface area contributed by atoms with Crippen molar-refractivity contribution in [2.24, 2.45) is 0 Å². The average molecular weight is 467 g/mol. The van der Waals surface area contributed by atoms with Crippen molar-refractivity contribution in [3.8, 4) is 17.0 Å². The zero-order valence-corrected chi connectivity index (χ0v) is 18.1. The Morgan fingerprint density at radius 1 is 1.22 bits per heavy atom. The van der Waals surface area contributed by atoms with Gasteiger partial charge in [0.25, 0.3) is 0 Å². The van der Waals surface area contributed by atoms with Crippen LogP contribution in [-0.4, -0.2) is 20.0 Å². The smallest absolute Gasteiger partial charge is 0.244 e. The normalized spacial score (nSPS) is 11.5. The van der Waals surface area contributed by atoms with Gasteiger partial charge in [-0.15, -0.1) is 11.3 Å². The summed E-state index contributed by atoms with van der Waals surface area (Å²) in [6.07, 6.45) is 0. The lowest BCUT2D eigenvalue weighted by molar-refractivity contribution is 0.331. The number of ether oxygens (including phenoxy) is 1. The molecule has 0 aliphatic heterocycles. The van der Waals surface area contributed by atoms with E-state index in [0.717, 1.165) is 26.3 Å². The Bertz CT molecular complexity index is 1050. The van der Waals surface area contributed by atoms with Gasteiger partial charge in [0.1, 0.15) is 10.6 Å². The quantitative estimate of drug-likeness (QED) is 0.544. The fourth-order valence-corrected chi connectivity index (χ4v) is 4.81. The van der Waals surface area contributed by atoms with Crippen LogP contribution in [0.15, 0.2) is 57.2 Å². The van der Waals surface area contributed by atoms with Gasteiger partial charge in [0.15, 0.2) is 0 Å². The molecule has 0 amide bonds. The number of thiazole rings is 1. The molecule has 0 aliphatic rings. The molecule has 1 N–H and O–H groups in total. The molecule has 3 aromatic rings. The molecule has 0 aliphatic carbocycles. The number of hydrogen-bond donors (Lipinski definition) is 1. The third-order valence-corrected chi connectivity index (χ3v) is 6.49. The van der Waals surface area contributed by atoms with Crippen LogP contribution in [0.2, 0.25) is 0 Å². The summed E-state index contributed by atoms with van der Waals surface area (Å²) in [5.74, 6) is 0.329. The van der Waals surface area contributed by atoms with E-state index in [1.807, 2.05) is 49.6 Å². The molecule has 2 aromatic carbocycles. The fourth-order valence-electron chi connectivity index (χ4n) is 2.55. The minimum absolute atomic E-state index is 0.113. The molecule has 0 unspecified atom stereocenters. The number of aromatic nitrogens is 1. The molecule has 0 saturated carbocycles. The molecule has 142 valence electrons. The molecule has 3 rings (SSSR count). The highest BCUT2D eigenvalue weighted by Gasteiger charge is 2.21. The van der Waals surface area contributed by atoms with E-state index in [4.69, 9.17) is 4.74 Å². The predicted molar refractivity (Wildman–Crippen MR) is 112 cm³/mol. The first kappa shape index (κ1) is 20.0. The van der Waals surface area contributed by atoms with Gasteiger partial charge in [-0.1, -0.05) is 28.1 Å². The highest BCUT2D eigenvalue weighted by molar-refractivity contribution is 9.10. The van der Waals surface area contributed by atoms with Crippen molar-refractivity contribution in [1.82, 2.24) is 9.71 Å². The van der Waals surface area contributed by atoms with E-state index in [9.17, 15) is 8.42 Å². The average Bonchev–Trinajstić information content (AvgIpc) is 3.07. The fraction of sp³-hybridized carbons (Fsp3) is 0.211. The van der Waals surface area contributed by atoms with Gasteiger partial charge in [-0.05, 0) is 49.7 Å². The lowest BCUT2D eigenvalue weighted by Gasteiger charge is -2.13. The van der Waals surface area contributed by atoms with Crippen LogP contribution in [0.3, 0.4) is 0 Å². The number of hydrogen-bond acceptors (Lipinski definition) is 5. The maximum absolute atomic E-state index is 13.0. The van der Waals surface area contributed by atoms with Crippen molar-refractivity contribution >= 4 is 37.3 Å². The van der Waals surface area contributed by atoms with Crippen LogP contribution in [0.1, 0.15) is 17.5 Å². The molecule has 0 atom stereocenters. The summed E-state index contributed by atoms with van der Waals surface area (Å²) in [5, 5.41) is 2.84. The summed E-state index contributed by atoms with van der Waals surface area (Å²) >= 11 is 4.92. The lowest BCUT2D eigenvalue weighted by atomic mass is 10.2. The van der Waals surface area contributed by atoms with Gasteiger partial charge in [0.2, 0.25) is 10.0 Å². The van der Waals surface area contributed by atoms with Gasteiger partial charge in [0.05, 0.1) is 17.3 Å². The number of nitrogens with one attached hydrogen (secondary N) is 1. The van der Waals surface area contributed by atoms with Gasteiger partial charge >= 0.3 is 0 Å². The highest BCUT2D eigenvalue weighted by Crippen LogP contribution is 2.31. The third kappa shape index (κ3) is 4.95. The van der Waals surface area contributed by atoms with Gasteiger partial charge in [-0.3, -0.25) is 0 Å². The standard InChI is InChI=1S/C19H19BrN2O3S2/c1-3-25-18-8-7-15(17-12-26-13(2)22-17)10-19(18)27(23,24)21-11-14-5-4-6-16(20)9-14/h4-10,12,21H,3,11H2,1-2H3. The zero-order valence-electron chi connectivity index (χ0n) is 14.9. The number of benzene rings is 2. The number of rotatable bonds is 7. The van der Waals surface area contributed by atoms with Gasteiger partial charge in [-0.2, -0.15) is 0 Å². The second-order valence-electron chi connectivity index (χ2n) is 5.80. The molecule has 0 saturated heterocycles. The minimum atomic E-state index is -3.76. The van der Waals surface area contributed by atoms with Crippen molar-refractivity contribution in [3.63, 3.8) is 0 Å². The van der Waals surface area contributed by atoms with E-state index in [1.165, 1.54) is 11.3 Å². The van der Waals surface area contributed by atoms with Crippen molar-refractivity contribution < 1.29 is 13.2 Å². The molecule has 0 radical (unpaired) electrons. The Morgan fingerprint density at radius 3 is 2.70 bits per heavy atom. The Morgan fingerprint density at radius 2 is 2.04 bits per heavy atom. The first-order valence-electron chi connectivity index (χ1n) is 8.32. The van der Waals surface area contributed by atoms with Gasteiger partial charge in [-0.25, -0.2) is 18.1 Å². The van der Waals surface area contributed by atoms with E-state index in [0.29, 0.717) is 12.4 Å². The minimum Gasteiger partial charge on any atom is -0.492 e. The van der Waals surface area contributed by atoms with Crippen LogP contribution >= 0.6 is 27.3 Å². The van der Waals surface area contributed by atoms with E-state index in [-0.39, 0.29) is 11.4 Å². The molecular formula is C19H19BrN2O3S2. The molecule has 27 heavy (non-hydrogen) atoms. The Kier molecular flexibility index (Phi) is 6.31.